The Hall–Kier alpha value is -1.12. The molecule has 8 heteroatoms. The Labute approximate surface area is 140 Å². The summed E-state index contributed by atoms with van der Waals surface area (Å²) in [5.41, 5.74) is 1.36. The molecule has 1 aromatic carbocycles. The van der Waals surface area contributed by atoms with Crippen LogP contribution in [0.25, 0.3) is 0 Å². The largest absolute Gasteiger partial charge is 0.385 e. The molecule has 0 fully saturated rings. The number of halogens is 1. The first-order valence-electron chi connectivity index (χ1n) is 6.75. The van der Waals surface area contributed by atoms with Gasteiger partial charge in [-0.2, -0.15) is 0 Å². The molecule has 1 N–H and O–H groups in total. The maximum atomic E-state index is 12.0. The molecule has 0 saturated heterocycles. The Morgan fingerprint density at radius 3 is 2.64 bits per heavy atom. The highest BCUT2D eigenvalue weighted by molar-refractivity contribution is 9.10. The van der Waals surface area contributed by atoms with E-state index in [0.29, 0.717) is 25.3 Å². The van der Waals surface area contributed by atoms with E-state index in [0.717, 1.165) is 20.6 Å². The molecule has 0 aliphatic rings. The van der Waals surface area contributed by atoms with E-state index < -0.39 is 10.0 Å². The first-order valence-corrected chi connectivity index (χ1v) is 9.39. The molecular formula is C14H21BrN2O4S. The van der Waals surface area contributed by atoms with E-state index in [4.69, 9.17) is 4.74 Å². The van der Waals surface area contributed by atoms with Gasteiger partial charge in [0.05, 0.1) is 11.9 Å². The second-order valence-corrected chi connectivity index (χ2v) is 7.66. The minimum atomic E-state index is -3.55. The molecule has 0 atom stereocenters. The standard InChI is InChI=1S/C14H21BrN2O4S/c1-11-9-12(5-6-13(11)15)17(22(3,19)20)10-14(18)16-7-4-8-21-2/h5-6,9H,4,7-8,10H2,1-3H3,(H,16,18). The molecule has 0 saturated carbocycles. The molecule has 6 nitrogen and oxygen atoms in total. The quantitative estimate of drug-likeness (QED) is 0.682. The average Bonchev–Trinajstić information content (AvgIpc) is 2.43. The number of carbonyl (C=O) groups excluding carboxylic acids is 1. The topological polar surface area (TPSA) is 75.7 Å². The number of nitrogens with zero attached hydrogens (tertiary/aromatic N) is 1. The number of amides is 1. The summed E-state index contributed by atoms with van der Waals surface area (Å²) in [6, 6.07) is 5.15. The molecule has 0 bridgehead atoms. The van der Waals surface area contributed by atoms with Gasteiger partial charge in [-0.25, -0.2) is 8.42 Å². The van der Waals surface area contributed by atoms with Crippen LogP contribution in [0.4, 0.5) is 5.69 Å². The van der Waals surface area contributed by atoms with Crippen molar-refractivity contribution in [2.75, 3.05) is 37.4 Å². The number of carbonyl (C=O) groups is 1. The van der Waals surface area contributed by atoms with E-state index in [1.165, 1.54) is 0 Å². The van der Waals surface area contributed by atoms with Gasteiger partial charge in [0.1, 0.15) is 6.54 Å². The van der Waals surface area contributed by atoms with Crippen molar-refractivity contribution in [1.29, 1.82) is 0 Å². The van der Waals surface area contributed by atoms with Crippen molar-refractivity contribution in [2.24, 2.45) is 0 Å². The number of hydrogen-bond donors (Lipinski definition) is 1. The predicted molar refractivity (Wildman–Crippen MR) is 90.6 cm³/mol. The van der Waals surface area contributed by atoms with Gasteiger partial charge in [-0.3, -0.25) is 9.10 Å². The molecule has 0 heterocycles. The van der Waals surface area contributed by atoms with Crippen LogP contribution in [0.2, 0.25) is 0 Å². The SMILES string of the molecule is COCCCNC(=O)CN(c1ccc(Br)c(C)c1)S(C)(=O)=O. The van der Waals surface area contributed by atoms with Crippen molar-refractivity contribution in [3.8, 4) is 0 Å². The fourth-order valence-electron chi connectivity index (χ4n) is 1.81. The monoisotopic (exact) mass is 392 g/mol. The van der Waals surface area contributed by atoms with E-state index in [9.17, 15) is 13.2 Å². The van der Waals surface area contributed by atoms with Gasteiger partial charge in [-0.1, -0.05) is 15.9 Å². The molecule has 0 unspecified atom stereocenters. The summed E-state index contributed by atoms with van der Waals surface area (Å²) in [6.07, 6.45) is 1.76. The van der Waals surface area contributed by atoms with Crippen molar-refractivity contribution in [1.82, 2.24) is 5.32 Å². The van der Waals surface area contributed by atoms with Gasteiger partial charge in [0.25, 0.3) is 0 Å². The molecule has 124 valence electrons. The molecular weight excluding hydrogens is 372 g/mol. The van der Waals surface area contributed by atoms with Gasteiger partial charge >= 0.3 is 0 Å². The van der Waals surface area contributed by atoms with Crippen LogP contribution >= 0.6 is 15.9 Å². The van der Waals surface area contributed by atoms with Crippen molar-refractivity contribution in [3.05, 3.63) is 28.2 Å². The summed E-state index contributed by atoms with van der Waals surface area (Å²) in [6.45, 7) is 2.61. The van der Waals surface area contributed by atoms with Gasteiger partial charge in [0.15, 0.2) is 0 Å². The van der Waals surface area contributed by atoms with Gasteiger partial charge in [0, 0.05) is 24.7 Å². The number of hydrogen-bond acceptors (Lipinski definition) is 4. The summed E-state index contributed by atoms with van der Waals surface area (Å²) in [5, 5.41) is 2.68. The smallest absolute Gasteiger partial charge is 0.240 e. The normalized spacial score (nSPS) is 11.3. The maximum absolute atomic E-state index is 12.0. The Morgan fingerprint density at radius 2 is 2.09 bits per heavy atom. The van der Waals surface area contributed by atoms with Crippen LogP contribution in [0.5, 0.6) is 0 Å². The third kappa shape index (κ3) is 5.94. The minimum absolute atomic E-state index is 0.243. The number of aryl methyl sites for hydroxylation is 1. The zero-order valence-corrected chi connectivity index (χ0v) is 15.3. The highest BCUT2D eigenvalue weighted by Gasteiger charge is 2.21. The van der Waals surface area contributed by atoms with Crippen LogP contribution in [0.1, 0.15) is 12.0 Å². The highest BCUT2D eigenvalue weighted by atomic mass is 79.9. The first-order chi connectivity index (χ1) is 10.3. The van der Waals surface area contributed by atoms with Crippen molar-refractivity contribution >= 4 is 37.5 Å². The third-order valence-corrected chi connectivity index (χ3v) is 4.99. The van der Waals surface area contributed by atoms with Crippen molar-refractivity contribution < 1.29 is 17.9 Å². The van der Waals surface area contributed by atoms with E-state index in [1.54, 1.807) is 25.3 Å². The Kier molecular flexibility index (Phi) is 7.31. The second-order valence-electron chi connectivity index (χ2n) is 4.90. The molecule has 1 aromatic rings. The van der Waals surface area contributed by atoms with Gasteiger partial charge in [-0.05, 0) is 37.1 Å². The maximum Gasteiger partial charge on any atom is 0.240 e. The lowest BCUT2D eigenvalue weighted by atomic mass is 10.2. The lowest BCUT2D eigenvalue weighted by Gasteiger charge is -2.22. The number of ether oxygens (including phenoxy) is 1. The Balaban J connectivity index is 2.82. The van der Waals surface area contributed by atoms with Crippen LogP contribution in [0, 0.1) is 6.92 Å². The fraction of sp³-hybridized carbons (Fsp3) is 0.500. The Morgan fingerprint density at radius 1 is 1.41 bits per heavy atom. The van der Waals surface area contributed by atoms with Crippen LogP contribution in [0.15, 0.2) is 22.7 Å². The van der Waals surface area contributed by atoms with Crippen molar-refractivity contribution in [2.45, 2.75) is 13.3 Å². The van der Waals surface area contributed by atoms with E-state index in [2.05, 4.69) is 21.2 Å². The summed E-state index contributed by atoms with van der Waals surface area (Å²) in [4.78, 5) is 11.9. The third-order valence-electron chi connectivity index (χ3n) is 2.96. The summed E-state index contributed by atoms with van der Waals surface area (Å²) in [5.74, 6) is -0.345. The molecule has 0 aliphatic carbocycles. The van der Waals surface area contributed by atoms with Crippen LogP contribution in [0.3, 0.4) is 0 Å². The van der Waals surface area contributed by atoms with Crippen molar-refractivity contribution in [3.63, 3.8) is 0 Å². The average molecular weight is 393 g/mol. The number of benzene rings is 1. The van der Waals surface area contributed by atoms with Gasteiger partial charge < -0.3 is 10.1 Å². The first kappa shape index (κ1) is 18.9. The second kappa shape index (κ2) is 8.50. The fourth-order valence-corrected chi connectivity index (χ4v) is 2.91. The number of nitrogens with one attached hydrogen (secondary N) is 1. The highest BCUT2D eigenvalue weighted by Crippen LogP contribution is 2.24. The molecule has 0 aliphatic heterocycles. The molecule has 1 rings (SSSR count). The van der Waals surface area contributed by atoms with E-state index >= 15 is 0 Å². The Bertz CT molecular complexity index is 619. The number of anilines is 1. The molecule has 0 spiro atoms. The molecule has 0 radical (unpaired) electrons. The summed E-state index contributed by atoms with van der Waals surface area (Å²) in [7, 11) is -1.96. The zero-order valence-electron chi connectivity index (χ0n) is 12.9. The summed E-state index contributed by atoms with van der Waals surface area (Å²) < 4.78 is 30.8. The number of rotatable bonds is 8. The van der Waals surface area contributed by atoms with E-state index in [-0.39, 0.29) is 12.5 Å². The summed E-state index contributed by atoms with van der Waals surface area (Å²) >= 11 is 3.37. The van der Waals surface area contributed by atoms with Gasteiger partial charge in [-0.15, -0.1) is 0 Å². The minimum Gasteiger partial charge on any atom is -0.385 e. The van der Waals surface area contributed by atoms with Crippen LogP contribution in [-0.2, 0) is 19.6 Å². The lowest BCUT2D eigenvalue weighted by Crippen LogP contribution is -2.40. The lowest BCUT2D eigenvalue weighted by molar-refractivity contribution is -0.119. The zero-order chi connectivity index (χ0) is 16.8. The molecule has 0 aromatic heterocycles. The van der Waals surface area contributed by atoms with Crippen LogP contribution < -0.4 is 9.62 Å². The molecule has 1 amide bonds. The van der Waals surface area contributed by atoms with E-state index in [1.807, 2.05) is 6.92 Å². The number of sulfonamides is 1. The van der Waals surface area contributed by atoms with Gasteiger partial charge in [0.2, 0.25) is 15.9 Å². The number of methoxy groups -OCH3 is 1. The predicted octanol–water partition coefficient (Wildman–Crippen LogP) is 1.68. The molecule has 22 heavy (non-hydrogen) atoms. The van der Waals surface area contributed by atoms with Crippen LogP contribution in [-0.4, -0.2) is 47.4 Å².